The second-order valence-corrected chi connectivity index (χ2v) is 4.93. The Morgan fingerprint density at radius 1 is 1.50 bits per heavy atom. The summed E-state index contributed by atoms with van der Waals surface area (Å²) < 4.78 is 1.06. The lowest BCUT2D eigenvalue weighted by atomic mass is 10.0. The Balaban J connectivity index is 2.51. The van der Waals surface area contributed by atoms with Gasteiger partial charge in [-0.15, -0.1) is 0 Å². The molecule has 4 N–H and O–H groups in total. The first-order valence-corrected chi connectivity index (χ1v) is 6.04. The van der Waals surface area contributed by atoms with Crippen molar-refractivity contribution in [2.24, 2.45) is 5.73 Å². The van der Waals surface area contributed by atoms with Gasteiger partial charge in [-0.05, 0) is 30.5 Å². The van der Waals surface area contributed by atoms with E-state index in [0.29, 0.717) is 6.42 Å². The van der Waals surface area contributed by atoms with Crippen LogP contribution in [0.4, 0.5) is 0 Å². The van der Waals surface area contributed by atoms with Crippen molar-refractivity contribution in [2.75, 3.05) is 6.61 Å². The number of halogens is 1. The molecular weight excluding hydrogens is 268 g/mol. The molecule has 0 amide bonds. The van der Waals surface area contributed by atoms with Crippen LogP contribution in [0.15, 0.2) is 22.8 Å². The fourth-order valence-corrected chi connectivity index (χ4v) is 2.51. The number of nitrogens with two attached hydrogens (primary N) is 1. The molecule has 1 heterocycles. The minimum absolute atomic E-state index is 0.0100. The maximum atomic E-state index is 8.98. The van der Waals surface area contributed by atoms with Gasteiger partial charge in [0.1, 0.15) is 0 Å². The van der Waals surface area contributed by atoms with Gasteiger partial charge in [0.15, 0.2) is 0 Å². The molecule has 3 nitrogen and oxygen atoms in total. The zero-order valence-electron chi connectivity index (χ0n) is 9.13. The van der Waals surface area contributed by atoms with Gasteiger partial charge in [0, 0.05) is 27.6 Å². The van der Waals surface area contributed by atoms with E-state index in [4.69, 9.17) is 10.8 Å². The maximum absolute atomic E-state index is 8.98. The Hall–Kier alpha value is -0.840. The Bertz CT molecular complexity index is 507. The largest absolute Gasteiger partial charge is 0.395 e. The summed E-state index contributed by atoms with van der Waals surface area (Å²) in [4.78, 5) is 3.26. The van der Waals surface area contributed by atoms with Gasteiger partial charge in [0.05, 0.1) is 6.61 Å². The summed E-state index contributed by atoms with van der Waals surface area (Å²) in [5.41, 5.74) is 9.25. The number of hydrogen-bond acceptors (Lipinski definition) is 2. The standard InChI is InChI=1S/C12H15BrN2O/c1-7-2-3-10(13)11-8(4-9(14)6-16)5-15-12(7)11/h2-3,5,9,15-16H,4,6,14H2,1H3/t9-/m0/s1. The van der Waals surface area contributed by atoms with Crippen LogP contribution in [0.5, 0.6) is 0 Å². The van der Waals surface area contributed by atoms with Gasteiger partial charge in [-0.25, -0.2) is 0 Å². The number of aliphatic hydroxyl groups excluding tert-OH is 1. The van der Waals surface area contributed by atoms with Crippen LogP contribution in [0, 0.1) is 6.92 Å². The Morgan fingerprint density at radius 3 is 2.94 bits per heavy atom. The molecule has 1 aromatic carbocycles. The molecule has 0 aliphatic heterocycles. The van der Waals surface area contributed by atoms with Crippen molar-refractivity contribution in [1.29, 1.82) is 0 Å². The van der Waals surface area contributed by atoms with Crippen LogP contribution >= 0.6 is 15.9 Å². The lowest BCUT2D eigenvalue weighted by Crippen LogP contribution is -2.26. The van der Waals surface area contributed by atoms with Gasteiger partial charge >= 0.3 is 0 Å². The van der Waals surface area contributed by atoms with Crippen LogP contribution in [-0.2, 0) is 6.42 Å². The maximum Gasteiger partial charge on any atom is 0.0585 e. The number of aromatic nitrogens is 1. The highest BCUT2D eigenvalue weighted by Crippen LogP contribution is 2.29. The molecule has 16 heavy (non-hydrogen) atoms. The second-order valence-electron chi connectivity index (χ2n) is 4.07. The lowest BCUT2D eigenvalue weighted by Gasteiger charge is -2.07. The van der Waals surface area contributed by atoms with E-state index in [9.17, 15) is 0 Å². The minimum atomic E-state index is -0.202. The van der Waals surface area contributed by atoms with E-state index in [2.05, 4.69) is 33.9 Å². The van der Waals surface area contributed by atoms with Crippen molar-refractivity contribution in [3.63, 3.8) is 0 Å². The molecule has 2 aromatic rings. The zero-order valence-corrected chi connectivity index (χ0v) is 10.7. The predicted molar refractivity (Wildman–Crippen MR) is 69.5 cm³/mol. The molecule has 0 unspecified atom stereocenters. The fraction of sp³-hybridized carbons (Fsp3) is 0.333. The van der Waals surface area contributed by atoms with E-state index >= 15 is 0 Å². The molecule has 2 rings (SSSR count). The molecule has 0 aliphatic rings. The van der Waals surface area contributed by atoms with E-state index in [-0.39, 0.29) is 12.6 Å². The van der Waals surface area contributed by atoms with Crippen LogP contribution < -0.4 is 5.73 Å². The number of aliphatic hydroxyl groups is 1. The lowest BCUT2D eigenvalue weighted by molar-refractivity contribution is 0.265. The summed E-state index contributed by atoms with van der Waals surface area (Å²) in [6.45, 7) is 2.08. The van der Waals surface area contributed by atoms with Crippen LogP contribution in [0.25, 0.3) is 10.9 Å². The highest BCUT2D eigenvalue weighted by molar-refractivity contribution is 9.10. The predicted octanol–water partition coefficient (Wildman–Crippen LogP) is 2.10. The van der Waals surface area contributed by atoms with E-state index in [1.54, 1.807) is 0 Å². The summed E-state index contributed by atoms with van der Waals surface area (Å²) >= 11 is 3.55. The van der Waals surface area contributed by atoms with Crippen molar-refractivity contribution >= 4 is 26.8 Å². The summed E-state index contributed by atoms with van der Waals surface area (Å²) in [7, 11) is 0. The summed E-state index contributed by atoms with van der Waals surface area (Å²) in [6.07, 6.45) is 2.65. The summed E-state index contributed by atoms with van der Waals surface area (Å²) in [5, 5.41) is 10.2. The quantitative estimate of drug-likeness (QED) is 0.807. The normalized spacial score (nSPS) is 13.2. The molecule has 1 aromatic heterocycles. The number of aryl methyl sites for hydroxylation is 1. The highest BCUT2D eigenvalue weighted by atomic mass is 79.9. The SMILES string of the molecule is Cc1ccc(Br)c2c(C[C@H](N)CO)c[nH]c12. The number of fused-ring (bicyclic) bond motifs is 1. The third kappa shape index (κ3) is 2.00. The second kappa shape index (κ2) is 4.57. The van der Waals surface area contributed by atoms with Crippen molar-refractivity contribution in [3.05, 3.63) is 33.9 Å². The molecule has 0 radical (unpaired) electrons. The number of H-pyrrole nitrogens is 1. The first-order chi connectivity index (χ1) is 7.63. The topological polar surface area (TPSA) is 62.0 Å². The van der Waals surface area contributed by atoms with Crippen LogP contribution in [0.1, 0.15) is 11.1 Å². The molecule has 86 valence electrons. The smallest absolute Gasteiger partial charge is 0.0585 e. The van der Waals surface area contributed by atoms with Gasteiger partial charge in [0.25, 0.3) is 0 Å². The Kier molecular flexibility index (Phi) is 3.33. The van der Waals surface area contributed by atoms with E-state index in [1.807, 2.05) is 12.3 Å². The number of aromatic amines is 1. The van der Waals surface area contributed by atoms with Gasteiger partial charge in [0.2, 0.25) is 0 Å². The van der Waals surface area contributed by atoms with Crippen LogP contribution in [-0.4, -0.2) is 22.7 Å². The van der Waals surface area contributed by atoms with Gasteiger partial charge < -0.3 is 15.8 Å². The summed E-state index contributed by atoms with van der Waals surface area (Å²) in [5.74, 6) is 0. The number of benzene rings is 1. The highest BCUT2D eigenvalue weighted by Gasteiger charge is 2.11. The Morgan fingerprint density at radius 2 is 2.25 bits per heavy atom. The van der Waals surface area contributed by atoms with Gasteiger partial charge in [-0.3, -0.25) is 0 Å². The zero-order chi connectivity index (χ0) is 11.7. The minimum Gasteiger partial charge on any atom is -0.395 e. The van der Waals surface area contributed by atoms with Gasteiger partial charge in [-0.1, -0.05) is 22.0 Å². The number of nitrogens with one attached hydrogen (secondary N) is 1. The average Bonchev–Trinajstić information content (AvgIpc) is 2.68. The molecule has 0 fully saturated rings. The monoisotopic (exact) mass is 282 g/mol. The summed E-state index contributed by atoms with van der Waals surface area (Å²) in [6, 6.07) is 3.91. The van der Waals surface area contributed by atoms with Crippen molar-refractivity contribution in [3.8, 4) is 0 Å². The molecule has 0 saturated heterocycles. The number of hydrogen-bond donors (Lipinski definition) is 3. The third-order valence-corrected chi connectivity index (χ3v) is 3.45. The first-order valence-electron chi connectivity index (χ1n) is 5.25. The van der Waals surface area contributed by atoms with Crippen molar-refractivity contribution in [1.82, 2.24) is 4.98 Å². The molecule has 1 atom stereocenters. The van der Waals surface area contributed by atoms with Crippen molar-refractivity contribution in [2.45, 2.75) is 19.4 Å². The first kappa shape index (κ1) is 11.6. The molecule has 0 bridgehead atoms. The molecular formula is C12H15BrN2O. The molecule has 4 heteroatoms. The van der Waals surface area contributed by atoms with Crippen LogP contribution in [0.2, 0.25) is 0 Å². The molecule has 0 saturated carbocycles. The molecule has 0 aliphatic carbocycles. The van der Waals surface area contributed by atoms with Crippen LogP contribution in [0.3, 0.4) is 0 Å². The van der Waals surface area contributed by atoms with E-state index in [1.165, 1.54) is 10.9 Å². The van der Waals surface area contributed by atoms with E-state index < -0.39 is 0 Å². The number of rotatable bonds is 3. The fourth-order valence-electron chi connectivity index (χ4n) is 1.92. The third-order valence-electron chi connectivity index (χ3n) is 2.79. The molecule has 0 spiro atoms. The van der Waals surface area contributed by atoms with Gasteiger partial charge in [-0.2, -0.15) is 0 Å². The Labute approximate surface area is 103 Å². The average molecular weight is 283 g/mol. The van der Waals surface area contributed by atoms with Crippen molar-refractivity contribution < 1.29 is 5.11 Å². The van der Waals surface area contributed by atoms with E-state index in [0.717, 1.165) is 15.6 Å².